The topological polar surface area (TPSA) is 63.2 Å². The van der Waals surface area contributed by atoms with Gasteiger partial charge in [-0.3, -0.25) is 0 Å². The molecule has 0 saturated heterocycles. The molecule has 0 aliphatic carbocycles. The molecule has 0 radical (unpaired) electrons. The van der Waals surface area contributed by atoms with Gasteiger partial charge in [0.2, 0.25) is 11.0 Å². The van der Waals surface area contributed by atoms with Crippen LogP contribution in [-0.4, -0.2) is 29.3 Å². The summed E-state index contributed by atoms with van der Waals surface area (Å²) in [6.07, 6.45) is -0.408. The molecule has 0 fully saturated rings. The zero-order chi connectivity index (χ0) is 22.8. The summed E-state index contributed by atoms with van der Waals surface area (Å²) < 4.78 is 6.37. The van der Waals surface area contributed by atoms with Gasteiger partial charge in [0.05, 0.1) is 0 Å². The highest BCUT2D eigenvalue weighted by Gasteiger charge is 2.26. The van der Waals surface area contributed by atoms with E-state index in [1.807, 2.05) is 62.6 Å². The van der Waals surface area contributed by atoms with Crippen molar-refractivity contribution in [1.82, 2.24) is 15.2 Å². The number of hydrogen-bond donors (Lipinski definition) is 1. The zero-order valence-corrected chi connectivity index (χ0v) is 19.8. The third-order valence-electron chi connectivity index (χ3n) is 5.33. The van der Waals surface area contributed by atoms with Gasteiger partial charge in [0.25, 0.3) is 0 Å². The maximum atomic E-state index is 6.37. The molecular weight excluding hydrogens is 454 g/mol. The fraction of sp³-hybridized carbons (Fsp3) is 0.160. The van der Waals surface area contributed by atoms with Crippen LogP contribution in [0.4, 0.5) is 11.4 Å². The van der Waals surface area contributed by atoms with Crippen molar-refractivity contribution in [3.05, 3.63) is 88.9 Å². The Balaban J connectivity index is 1.46. The molecule has 166 valence electrons. The number of thioether (sulfide) groups is 1. The molecule has 5 rings (SSSR count). The van der Waals surface area contributed by atoms with Crippen molar-refractivity contribution < 1.29 is 4.74 Å². The van der Waals surface area contributed by atoms with Crippen LogP contribution in [0.25, 0.3) is 11.3 Å². The molecule has 1 aromatic heterocycles. The number of nitrogens with zero attached hydrogens (tertiary/aromatic N) is 4. The van der Waals surface area contributed by atoms with Gasteiger partial charge in [-0.05, 0) is 35.9 Å². The summed E-state index contributed by atoms with van der Waals surface area (Å²) in [6, 6.07) is 24.0. The normalized spacial score (nSPS) is 14.3. The van der Waals surface area contributed by atoms with Crippen molar-refractivity contribution >= 4 is 34.7 Å². The summed E-state index contributed by atoms with van der Waals surface area (Å²) in [7, 11) is 4.04. The minimum Gasteiger partial charge on any atom is -0.448 e. The van der Waals surface area contributed by atoms with E-state index in [1.54, 1.807) is 0 Å². The van der Waals surface area contributed by atoms with Crippen molar-refractivity contribution in [3.8, 4) is 17.1 Å². The molecule has 1 N–H and O–H groups in total. The molecular formula is C25H22ClN5OS. The summed E-state index contributed by atoms with van der Waals surface area (Å²) in [6.45, 7) is 0. The van der Waals surface area contributed by atoms with Crippen molar-refractivity contribution in [2.75, 3.05) is 24.3 Å². The predicted molar refractivity (Wildman–Crippen MR) is 134 cm³/mol. The standard InChI is InChI=1S/C25H22ClN5OS/c1-31(2)19-13-9-17(10-14-19)23-27-21-6-4-3-5-20(21)22-24(32-23)28-25(30-29-22)33-15-16-7-11-18(26)12-8-16/h3-14,23,27H,15H2,1-2H3. The van der Waals surface area contributed by atoms with E-state index >= 15 is 0 Å². The third kappa shape index (κ3) is 4.74. The lowest BCUT2D eigenvalue weighted by Crippen LogP contribution is -2.17. The Morgan fingerprint density at radius 1 is 0.970 bits per heavy atom. The van der Waals surface area contributed by atoms with Gasteiger partial charge < -0.3 is 15.0 Å². The summed E-state index contributed by atoms with van der Waals surface area (Å²) >= 11 is 7.50. The van der Waals surface area contributed by atoms with E-state index in [-0.39, 0.29) is 0 Å². The number of anilines is 2. The van der Waals surface area contributed by atoms with E-state index in [0.29, 0.717) is 22.5 Å². The second-order valence-electron chi connectivity index (χ2n) is 7.84. The molecule has 4 aromatic rings. The van der Waals surface area contributed by atoms with Crippen LogP contribution in [0, 0.1) is 0 Å². The minimum absolute atomic E-state index is 0.408. The number of hydrogen-bond acceptors (Lipinski definition) is 7. The molecule has 8 heteroatoms. The van der Waals surface area contributed by atoms with Crippen molar-refractivity contribution in [2.24, 2.45) is 0 Å². The molecule has 33 heavy (non-hydrogen) atoms. The molecule has 0 saturated carbocycles. The summed E-state index contributed by atoms with van der Waals surface area (Å²) in [5.41, 5.74) is 5.72. The van der Waals surface area contributed by atoms with Gasteiger partial charge in [-0.25, -0.2) is 0 Å². The predicted octanol–water partition coefficient (Wildman–Crippen LogP) is 6.05. The van der Waals surface area contributed by atoms with Crippen LogP contribution in [0.5, 0.6) is 5.88 Å². The Labute approximate surface area is 202 Å². The lowest BCUT2D eigenvalue weighted by molar-refractivity contribution is 0.225. The Morgan fingerprint density at radius 2 is 1.73 bits per heavy atom. The first-order valence-electron chi connectivity index (χ1n) is 10.5. The highest BCUT2D eigenvalue weighted by Crippen LogP contribution is 2.39. The number of aromatic nitrogens is 3. The Bertz CT molecular complexity index is 1260. The van der Waals surface area contributed by atoms with E-state index in [4.69, 9.17) is 21.3 Å². The Morgan fingerprint density at radius 3 is 2.48 bits per heavy atom. The molecule has 0 amide bonds. The molecule has 0 spiro atoms. The monoisotopic (exact) mass is 475 g/mol. The number of fused-ring (bicyclic) bond motifs is 3. The van der Waals surface area contributed by atoms with Crippen molar-refractivity contribution in [1.29, 1.82) is 0 Å². The lowest BCUT2D eigenvalue weighted by atomic mass is 10.1. The number of para-hydroxylation sites is 1. The fourth-order valence-electron chi connectivity index (χ4n) is 3.54. The van der Waals surface area contributed by atoms with Crippen LogP contribution in [-0.2, 0) is 5.75 Å². The molecule has 6 nitrogen and oxygen atoms in total. The highest BCUT2D eigenvalue weighted by molar-refractivity contribution is 7.98. The van der Waals surface area contributed by atoms with Gasteiger partial charge in [-0.2, -0.15) is 4.98 Å². The van der Waals surface area contributed by atoms with Gasteiger partial charge in [0.15, 0.2) is 11.9 Å². The second kappa shape index (κ2) is 9.29. The summed E-state index contributed by atoms with van der Waals surface area (Å²) in [5.74, 6) is 1.17. The highest BCUT2D eigenvalue weighted by atomic mass is 35.5. The molecule has 2 heterocycles. The molecule has 0 bridgehead atoms. The van der Waals surface area contributed by atoms with Crippen LogP contribution in [0.1, 0.15) is 17.4 Å². The quantitative estimate of drug-likeness (QED) is 0.352. The van der Waals surface area contributed by atoms with Crippen LogP contribution in [0.2, 0.25) is 5.02 Å². The first kappa shape index (κ1) is 21.6. The lowest BCUT2D eigenvalue weighted by Gasteiger charge is -2.20. The van der Waals surface area contributed by atoms with E-state index in [1.165, 1.54) is 11.8 Å². The SMILES string of the molecule is CN(C)c1ccc(C2Nc3ccccc3-c3nnc(SCc4ccc(Cl)cc4)nc3O2)cc1. The molecule has 1 atom stereocenters. The first-order valence-corrected chi connectivity index (χ1v) is 11.8. The van der Waals surface area contributed by atoms with E-state index in [2.05, 4.69) is 44.7 Å². The fourth-order valence-corrected chi connectivity index (χ4v) is 4.40. The van der Waals surface area contributed by atoms with Crippen LogP contribution >= 0.6 is 23.4 Å². The van der Waals surface area contributed by atoms with Crippen molar-refractivity contribution in [2.45, 2.75) is 17.1 Å². The maximum absolute atomic E-state index is 6.37. The molecule has 3 aromatic carbocycles. The summed E-state index contributed by atoms with van der Waals surface area (Å²) in [4.78, 5) is 6.79. The second-order valence-corrected chi connectivity index (χ2v) is 9.22. The maximum Gasteiger partial charge on any atom is 0.247 e. The third-order valence-corrected chi connectivity index (χ3v) is 6.49. The molecule has 1 aliphatic rings. The number of rotatable bonds is 5. The number of halogens is 1. The number of nitrogens with one attached hydrogen (secondary N) is 1. The minimum atomic E-state index is -0.408. The molecule has 1 unspecified atom stereocenters. The number of benzene rings is 3. The van der Waals surface area contributed by atoms with Gasteiger partial charge in [0, 0.05) is 47.4 Å². The molecule has 1 aliphatic heterocycles. The van der Waals surface area contributed by atoms with Gasteiger partial charge >= 0.3 is 0 Å². The first-order chi connectivity index (χ1) is 16.1. The summed E-state index contributed by atoms with van der Waals surface area (Å²) in [5, 5.41) is 13.6. The number of ether oxygens (including phenoxy) is 1. The van der Waals surface area contributed by atoms with Gasteiger partial charge in [-0.1, -0.05) is 65.8 Å². The van der Waals surface area contributed by atoms with Crippen molar-refractivity contribution in [3.63, 3.8) is 0 Å². The largest absolute Gasteiger partial charge is 0.448 e. The van der Waals surface area contributed by atoms with Crippen LogP contribution in [0.15, 0.2) is 78.0 Å². The van der Waals surface area contributed by atoms with E-state index in [9.17, 15) is 0 Å². The Hall–Kier alpha value is -3.29. The van der Waals surface area contributed by atoms with E-state index < -0.39 is 6.23 Å². The van der Waals surface area contributed by atoms with Gasteiger partial charge in [0.1, 0.15) is 0 Å². The zero-order valence-electron chi connectivity index (χ0n) is 18.2. The van der Waals surface area contributed by atoms with Crippen LogP contribution in [0.3, 0.4) is 0 Å². The van der Waals surface area contributed by atoms with Crippen LogP contribution < -0.4 is 15.0 Å². The van der Waals surface area contributed by atoms with Gasteiger partial charge in [-0.15, -0.1) is 10.2 Å². The average Bonchev–Trinajstić information content (AvgIpc) is 3.00. The average molecular weight is 476 g/mol. The van der Waals surface area contributed by atoms with E-state index in [0.717, 1.165) is 33.1 Å². The smallest absolute Gasteiger partial charge is 0.247 e. The Kier molecular flexibility index (Phi) is 6.07.